The topological polar surface area (TPSA) is 96.1 Å². The van der Waals surface area contributed by atoms with Crippen molar-refractivity contribution in [3.8, 4) is 0 Å². The zero-order valence-corrected chi connectivity index (χ0v) is 8.52. The molecule has 0 bridgehead atoms. The molecule has 0 aliphatic heterocycles. The summed E-state index contributed by atoms with van der Waals surface area (Å²) in [4.78, 5) is 0. The fourth-order valence-electron chi connectivity index (χ4n) is 0.842. The normalized spacial score (nSPS) is 10.4. The van der Waals surface area contributed by atoms with Crippen molar-refractivity contribution in [3.05, 3.63) is 30.6 Å². The highest BCUT2D eigenvalue weighted by Gasteiger charge is 1.90. The molecule has 0 aliphatic rings. The lowest BCUT2D eigenvalue weighted by Gasteiger charge is -2.17. The molecule has 80 valence electrons. The van der Waals surface area contributed by atoms with Crippen LogP contribution in [0.3, 0.4) is 0 Å². The molecule has 5 nitrogen and oxygen atoms in total. The fourth-order valence-corrected chi connectivity index (χ4v) is 0.842. The number of hydrogen-bond donors (Lipinski definition) is 0. The van der Waals surface area contributed by atoms with Crippen molar-refractivity contribution < 1.29 is 33.4 Å². The van der Waals surface area contributed by atoms with Crippen molar-refractivity contribution in [2.75, 3.05) is 0 Å². The number of aryl methyl sites for hydroxylation is 1. The van der Waals surface area contributed by atoms with Crippen LogP contribution in [0.2, 0.25) is 0 Å². The Balaban J connectivity index is 0.000000292. The average Bonchev–Trinajstić information content (AvgIpc) is 2.03. The van der Waals surface area contributed by atoms with E-state index >= 15 is 0 Å². The van der Waals surface area contributed by atoms with Gasteiger partial charge in [0.2, 0.25) is 0 Å². The molecule has 14 heavy (non-hydrogen) atoms. The summed E-state index contributed by atoms with van der Waals surface area (Å²) in [6.45, 7) is 3.31. The highest BCUT2D eigenvalue weighted by molar-refractivity contribution is 4.83. The molecule has 0 atom stereocenters. The van der Waals surface area contributed by atoms with Crippen LogP contribution in [0.5, 0.6) is 0 Å². The smallest absolute Gasteiger partial charge is 0.168 e. The molecule has 6 heteroatoms. The SMILES string of the molecule is CCC[n+]1ccccc1.[O-][Cl+3]([O-])([O-])[O-]. The number of pyridine rings is 1. The average molecular weight is 222 g/mol. The Morgan fingerprint density at radius 3 is 1.79 bits per heavy atom. The maximum atomic E-state index is 8.49. The zero-order valence-electron chi connectivity index (χ0n) is 7.76. The number of halogens is 1. The molecule has 0 unspecified atom stereocenters. The molecule has 0 saturated carbocycles. The van der Waals surface area contributed by atoms with Crippen LogP contribution in [0, 0.1) is 10.2 Å². The first kappa shape index (κ1) is 13.3. The van der Waals surface area contributed by atoms with Gasteiger partial charge in [-0.05, 0) is 0 Å². The van der Waals surface area contributed by atoms with Gasteiger partial charge in [0, 0.05) is 18.6 Å². The predicted molar refractivity (Wildman–Crippen MR) is 36.9 cm³/mol. The molecule has 0 aromatic carbocycles. The van der Waals surface area contributed by atoms with E-state index in [1.165, 1.54) is 6.42 Å². The van der Waals surface area contributed by atoms with Gasteiger partial charge < -0.3 is 0 Å². The van der Waals surface area contributed by atoms with Crippen molar-refractivity contribution in [1.29, 1.82) is 0 Å². The Labute approximate surface area is 84.6 Å². The minimum atomic E-state index is -4.94. The molecule has 1 aromatic heterocycles. The zero-order chi connectivity index (χ0) is 11.0. The van der Waals surface area contributed by atoms with Crippen molar-refractivity contribution in [3.63, 3.8) is 0 Å². The largest absolute Gasteiger partial charge is 0.222 e. The second kappa shape index (κ2) is 6.69. The van der Waals surface area contributed by atoms with Gasteiger partial charge in [-0.1, -0.05) is 13.0 Å². The van der Waals surface area contributed by atoms with Gasteiger partial charge >= 0.3 is 0 Å². The van der Waals surface area contributed by atoms with Crippen LogP contribution in [0.4, 0.5) is 0 Å². The van der Waals surface area contributed by atoms with Gasteiger partial charge in [-0.15, -0.1) is 10.2 Å². The van der Waals surface area contributed by atoms with Crippen molar-refractivity contribution in [1.82, 2.24) is 0 Å². The van der Waals surface area contributed by atoms with E-state index in [0.717, 1.165) is 6.54 Å². The first-order chi connectivity index (χ1) is 6.43. The standard InChI is InChI=1S/C8H12N.ClHO4/c1-2-6-9-7-4-3-5-8-9;2-1(3,4)5/h3-5,7-8H,2,6H2,1H3;(H,2,3,4,5)/q+1;/p-1. The van der Waals surface area contributed by atoms with E-state index in [4.69, 9.17) is 18.6 Å². The van der Waals surface area contributed by atoms with Gasteiger partial charge in [0.25, 0.3) is 0 Å². The van der Waals surface area contributed by atoms with E-state index in [1.54, 1.807) is 0 Å². The highest BCUT2D eigenvalue weighted by Crippen LogP contribution is 1.78. The summed E-state index contributed by atoms with van der Waals surface area (Å²) in [6.07, 6.45) is 5.38. The molecule has 0 amide bonds. The Morgan fingerprint density at radius 1 is 1.00 bits per heavy atom. The summed E-state index contributed by atoms with van der Waals surface area (Å²) >= 11 is 0. The van der Waals surface area contributed by atoms with Crippen LogP contribution >= 0.6 is 0 Å². The second-order valence-electron chi connectivity index (χ2n) is 2.49. The Morgan fingerprint density at radius 2 is 1.43 bits per heavy atom. The number of aromatic nitrogens is 1. The molecule has 0 spiro atoms. The van der Waals surface area contributed by atoms with Gasteiger partial charge in [0.05, 0.1) is 0 Å². The van der Waals surface area contributed by atoms with Gasteiger partial charge in [-0.2, -0.15) is 0 Å². The molecule has 0 fully saturated rings. The van der Waals surface area contributed by atoms with Gasteiger partial charge in [-0.3, -0.25) is 0 Å². The third kappa shape index (κ3) is 11.3. The third-order valence-corrected chi connectivity index (χ3v) is 1.26. The van der Waals surface area contributed by atoms with Crippen molar-refractivity contribution >= 4 is 0 Å². The van der Waals surface area contributed by atoms with Crippen LogP contribution in [-0.2, 0) is 6.54 Å². The third-order valence-electron chi connectivity index (χ3n) is 1.26. The molecule has 1 aromatic rings. The van der Waals surface area contributed by atoms with E-state index in [2.05, 4.69) is 36.0 Å². The quantitative estimate of drug-likeness (QED) is 0.487. The van der Waals surface area contributed by atoms with E-state index in [9.17, 15) is 0 Å². The van der Waals surface area contributed by atoms with Crippen molar-refractivity contribution in [2.24, 2.45) is 0 Å². The summed E-state index contributed by atoms with van der Waals surface area (Å²) in [7, 11) is -4.94. The highest BCUT2D eigenvalue weighted by atomic mass is 35.7. The fraction of sp³-hybridized carbons (Fsp3) is 0.375. The summed E-state index contributed by atoms with van der Waals surface area (Å²) < 4.78 is 36.2. The van der Waals surface area contributed by atoms with E-state index in [0.29, 0.717) is 0 Å². The van der Waals surface area contributed by atoms with Gasteiger partial charge in [0.15, 0.2) is 12.4 Å². The monoisotopic (exact) mass is 221 g/mol. The first-order valence-corrected chi connectivity index (χ1v) is 5.22. The second-order valence-corrected chi connectivity index (χ2v) is 3.25. The number of nitrogens with zero attached hydrogens (tertiary/aromatic N) is 1. The lowest BCUT2D eigenvalue weighted by atomic mass is 10.4. The minimum absolute atomic E-state index is 1.13. The van der Waals surface area contributed by atoms with Crippen LogP contribution in [0.25, 0.3) is 0 Å². The summed E-state index contributed by atoms with van der Waals surface area (Å²) in [5, 5.41) is 0. The Kier molecular flexibility index (Phi) is 6.35. The molecular weight excluding hydrogens is 210 g/mol. The summed E-state index contributed by atoms with van der Waals surface area (Å²) in [5.41, 5.74) is 0. The molecule has 0 aliphatic carbocycles. The lowest BCUT2D eigenvalue weighted by molar-refractivity contribution is -2.00. The molecule has 0 saturated heterocycles. The molecular formula is C8H12ClNO4. The summed E-state index contributed by atoms with van der Waals surface area (Å²) in [6, 6.07) is 6.14. The van der Waals surface area contributed by atoms with E-state index in [-0.39, 0.29) is 0 Å². The molecule has 1 rings (SSSR count). The number of hydrogen-bond acceptors (Lipinski definition) is 4. The maximum absolute atomic E-state index is 8.49. The van der Waals surface area contributed by atoms with Crippen LogP contribution in [-0.4, -0.2) is 0 Å². The molecule has 0 radical (unpaired) electrons. The summed E-state index contributed by atoms with van der Waals surface area (Å²) in [5.74, 6) is 0. The minimum Gasteiger partial charge on any atom is -0.222 e. The van der Waals surface area contributed by atoms with Gasteiger partial charge in [0.1, 0.15) is 6.54 Å². The van der Waals surface area contributed by atoms with E-state index in [1.807, 2.05) is 6.07 Å². The first-order valence-electron chi connectivity index (χ1n) is 3.99. The number of rotatable bonds is 2. The van der Waals surface area contributed by atoms with Crippen molar-refractivity contribution in [2.45, 2.75) is 19.9 Å². The molecule has 0 N–H and O–H groups in total. The predicted octanol–water partition coefficient (Wildman–Crippen LogP) is -3.37. The maximum Gasteiger partial charge on any atom is 0.168 e. The molecule has 1 heterocycles. The van der Waals surface area contributed by atoms with Gasteiger partial charge in [-0.25, -0.2) is 23.2 Å². The van der Waals surface area contributed by atoms with E-state index < -0.39 is 10.2 Å². The van der Waals surface area contributed by atoms with Crippen LogP contribution in [0.15, 0.2) is 30.6 Å². The van der Waals surface area contributed by atoms with Crippen LogP contribution < -0.4 is 23.2 Å². The Bertz CT molecular complexity index is 231. The Hall–Kier alpha value is -0.720. The van der Waals surface area contributed by atoms with Crippen LogP contribution in [0.1, 0.15) is 13.3 Å². The lowest BCUT2D eigenvalue weighted by Crippen LogP contribution is -2.68.